The molecule has 16 heavy (non-hydrogen) atoms. The zero-order chi connectivity index (χ0) is 11.1. The van der Waals surface area contributed by atoms with Crippen molar-refractivity contribution in [3.05, 3.63) is 30.1 Å². The van der Waals surface area contributed by atoms with Gasteiger partial charge in [-0.25, -0.2) is 0 Å². The van der Waals surface area contributed by atoms with E-state index in [0.29, 0.717) is 0 Å². The van der Waals surface area contributed by atoms with Crippen LogP contribution < -0.4 is 0 Å². The molecule has 0 atom stereocenters. The molecule has 3 heteroatoms. The van der Waals surface area contributed by atoms with Crippen LogP contribution in [0.1, 0.15) is 24.8 Å². The summed E-state index contributed by atoms with van der Waals surface area (Å²) in [5.74, 6) is 0. The van der Waals surface area contributed by atoms with Gasteiger partial charge in [0.2, 0.25) is 0 Å². The highest BCUT2D eigenvalue weighted by atomic mass is 16.5. The van der Waals surface area contributed by atoms with Crippen molar-refractivity contribution >= 4 is 0 Å². The topological polar surface area (TPSA) is 42.4 Å². The van der Waals surface area contributed by atoms with Crippen molar-refractivity contribution in [3.8, 4) is 0 Å². The number of nitrogens with zero attached hydrogens (tertiary/aromatic N) is 1. The Hall–Kier alpha value is -0.930. The Morgan fingerprint density at radius 2 is 2.19 bits per heavy atom. The maximum atomic E-state index is 9.72. The van der Waals surface area contributed by atoms with E-state index in [0.717, 1.165) is 26.1 Å². The molecule has 0 unspecified atom stereocenters. The number of ether oxygens (including phenoxy) is 1. The van der Waals surface area contributed by atoms with Crippen LogP contribution in [0.5, 0.6) is 0 Å². The zero-order valence-corrected chi connectivity index (χ0v) is 9.35. The second-order valence-electron chi connectivity index (χ2n) is 5.11. The normalized spacial score (nSPS) is 25.6. The zero-order valence-electron chi connectivity index (χ0n) is 9.35. The molecule has 1 aliphatic carbocycles. The molecule has 2 aliphatic rings. The predicted octanol–water partition coefficient (Wildman–Crippen LogP) is 1.51. The number of aliphatic hydroxyl groups is 1. The predicted molar refractivity (Wildman–Crippen MR) is 60.1 cm³/mol. The van der Waals surface area contributed by atoms with Crippen LogP contribution in [0.3, 0.4) is 0 Å². The van der Waals surface area contributed by atoms with Gasteiger partial charge in [0.25, 0.3) is 0 Å². The molecule has 3 rings (SSSR count). The van der Waals surface area contributed by atoms with Gasteiger partial charge in [0.15, 0.2) is 0 Å². The van der Waals surface area contributed by atoms with Crippen molar-refractivity contribution < 1.29 is 9.84 Å². The first-order valence-corrected chi connectivity index (χ1v) is 5.92. The van der Waals surface area contributed by atoms with Crippen LogP contribution in [0.2, 0.25) is 0 Å². The maximum Gasteiger partial charge on any atom is 0.0592 e. The van der Waals surface area contributed by atoms with Crippen LogP contribution in [-0.2, 0) is 10.2 Å². The van der Waals surface area contributed by atoms with Crippen LogP contribution in [-0.4, -0.2) is 29.9 Å². The molecular formula is C13H17NO2. The standard InChI is InChI=1S/C13H17NO2/c15-8-12(4-2-5-12)13(9-16-10-13)11-3-1-6-14-7-11/h1,3,6-7,15H,2,4-5,8-10H2. The number of aliphatic hydroxyl groups excluding tert-OH is 1. The second-order valence-corrected chi connectivity index (χ2v) is 5.11. The van der Waals surface area contributed by atoms with Crippen molar-refractivity contribution in [2.75, 3.05) is 19.8 Å². The maximum absolute atomic E-state index is 9.72. The molecule has 2 fully saturated rings. The summed E-state index contributed by atoms with van der Waals surface area (Å²) in [5.41, 5.74) is 1.30. The van der Waals surface area contributed by atoms with Gasteiger partial charge in [-0.2, -0.15) is 0 Å². The molecule has 1 aromatic rings. The highest BCUT2D eigenvalue weighted by Gasteiger charge is 2.59. The average molecular weight is 219 g/mol. The molecule has 1 N–H and O–H groups in total. The molecule has 1 aliphatic heterocycles. The van der Waals surface area contributed by atoms with E-state index in [4.69, 9.17) is 4.74 Å². The van der Waals surface area contributed by atoms with Crippen LogP contribution >= 0.6 is 0 Å². The van der Waals surface area contributed by atoms with Gasteiger partial charge in [-0.15, -0.1) is 0 Å². The lowest BCUT2D eigenvalue weighted by Crippen LogP contribution is -2.63. The summed E-state index contributed by atoms with van der Waals surface area (Å²) in [4.78, 5) is 4.20. The molecule has 2 heterocycles. The summed E-state index contributed by atoms with van der Waals surface area (Å²) in [7, 11) is 0. The Morgan fingerprint density at radius 3 is 2.56 bits per heavy atom. The smallest absolute Gasteiger partial charge is 0.0592 e. The third-order valence-corrected chi connectivity index (χ3v) is 4.54. The summed E-state index contributed by atoms with van der Waals surface area (Å²) in [6, 6.07) is 4.09. The Labute approximate surface area is 95.5 Å². The second kappa shape index (κ2) is 3.54. The third kappa shape index (κ3) is 1.13. The largest absolute Gasteiger partial charge is 0.396 e. The van der Waals surface area contributed by atoms with Gasteiger partial charge in [-0.3, -0.25) is 4.98 Å². The highest BCUT2D eigenvalue weighted by Crippen LogP contribution is 2.57. The minimum atomic E-state index is 0.0221. The number of hydrogen-bond acceptors (Lipinski definition) is 3. The van der Waals surface area contributed by atoms with Crippen molar-refractivity contribution in [2.24, 2.45) is 5.41 Å². The summed E-state index contributed by atoms with van der Waals surface area (Å²) in [6.45, 7) is 1.74. The molecule has 1 aromatic heterocycles. The first-order chi connectivity index (χ1) is 7.83. The lowest BCUT2D eigenvalue weighted by Gasteiger charge is -2.59. The molecule has 1 saturated carbocycles. The van der Waals surface area contributed by atoms with Gasteiger partial charge >= 0.3 is 0 Å². The van der Waals surface area contributed by atoms with Crippen molar-refractivity contribution in [1.29, 1.82) is 0 Å². The third-order valence-electron chi connectivity index (χ3n) is 4.54. The first-order valence-electron chi connectivity index (χ1n) is 5.92. The summed E-state index contributed by atoms with van der Waals surface area (Å²) in [6.07, 6.45) is 7.17. The van der Waals surface area contributed by atoms with Crippen LogP contribution in [0.4, 0.5) is 0 Å². The van der Waals surface area contributed by atoms with Gasteiger partial charge < -0.3 is 9.84 Å². The van der Waals surface area contributed by atoms with Gasteiger partial charge in [-0.05, 0) is 24.5 Å². The van der Waals surface area contributed by atoms with Gasteiger partial charge in [0, 0.05) is 24.4 Å². The summed E-state index contributed by atoms with van der Waals surface area (Å²) >= 11 is 0. The van der Waals surface area contributed by atoms with E-state index in [1.54, 1.807) is 6.20 Å². The summed E-state index contributed by atoms with van der Waals surface area (Å²) in [5, 5.41) is 9.72. The number of hydrogen-bond donors (Lipinski definition) is 1. The number of rotatable bonds is 3. The van der Waals surface area contributed by atoms with Gasteiger partial charge in [-0.1, -0.05) is 12.5 Å². The van der Waals surface area contributed by atoms with Gasteiger partial charge in [0.1, 0.15) is 0 Å². The Kier molecular flexibility index (Phi) is 2.26. The highest BCUT2D eigenvalue weighted by molar-refractivity contribution is 5.31. The van der Waals surface area contributed by atoms with E-state index in [2.05, 4.69) is 11.1 Å². The van der Waals surface area contributed by atoms with Crippen molar-refractivity contribution in [3.63, 3.8) is 0 Å². The Morgan fingerprint density at radius 1 is 1.38 bits per heavy atom. The van der Waals surface area contributed by atoms with E-state index in [1.807, 2.05) is 12.3 Å². The van der Waals surface area contributed by atoms with Crippen LogP contribution in [0.15, 0.2) is 24.5 Å². The van der Waals surface area contributed by atoms with E-state index in [9.17, 15) is 5.11 Å². The molecule has 0 bridgehead atoms. The lowest BCUT2D eigenvalue weighted by atomic mass is 9.50. The molecule has 86 valence electrons. The molecular weight excluding hydrogens is 202 g/mol. The Bertz CT molecular complexity index is 363. The number of pyridine rings is 1. The fraction of sp³-hybridized carbons (Fsp3) is 0.615. The van der Waals surface area contributed by atoms with Crippen LogP contribution in [0, 0.1) is 5.41 Å². The molecule has 0 radical (unpaired) electrons. The quantitative estimate of drug-likeness (QED) is 0.838. The average Bonchev–Trinajstić information content (AvgIpc) is 2.22. The van der Waals surface area contributed by atoms with Crippen molar-refractivity contribution in [2.45, 2.75) is 24.7 Å². The molecule has 0 aromatic carbocycles. The van der Waals surface area contributed by atoms with E-state index in [-0.39, 0.29) is 17.4 Å². The minimum absolute atomic E-state index is 0.0221. The van der Waals surface area contributed by atoms with Crippen molar-refractivity contribution in [1.82, 2.24) is 4.98 Å². The fourth-order valence-electron chi connectivity index (χ4n) is 3.12. The van der Waals surface area contributed by atoms with Crippen LogP contribution in [0.25, 0.3) is 0 Å². The molecule has 3 nitrogen and oxygen atoms in total. The lowest BCUT2D eigenvalue weighted by molar-refractivity contribution is -0.173. The van der Waals surface area contributed by atoms with E-state index in [1.165, 1.54) is 12.0 Å². The summed E-state index contributed by atoms with van der Waals surface area (Å²) < 4.78 is 5.44. The Balaban J connectivity index is 2.00. The number of aromatic nitrogens is 1. The molecule has 0 amide bonds. The monoisotopic (exact) mass is 219 g/mol. The van der Waals surface area contributed by atoms with E-state index >= 15 is 0 Å². The molecule has 0 spiro atoms. The first kappa shape index (κ1) is 10.2. The van der Waals surface area contributed by atoms with Gasteiger partial charge in [0.05, 0.1) is 18.6 Å². The van der Waals surface area contributed by atoms with E-state index < -0.39 is 0 Å². The molecule has 1 saturated heterocycles. The SMILES string of the molecule is OCC1(C2(c3cccnc3)COC2)CCC1. The fourth-order valence-corrected chi connectivity index (χ4v) is 3.12. The minimum Gasteiger partial charge on any atom is -0.396 e.